The van der Waals surface area contributed by atoms with E-state index in [0.717, 1.165) is 22.3 Å². The Kier molecular flexibility index (Phi) is 4.39. The highest BCUT2D eigenvalue weighted by Gasteiger charge is 2.04. The highest BCUT2D eigenvalue weighted by Crippen LogP contribution is 2.18. The lowest BCUT2D eigenvalue weighted by atomic mass is 10.2. The van der Waals surface area contributed by atoms with Crippen molar-refractivity contribution in [1.82, 2.24) is 4.98 Å². The summed E-state index contributed by atoms with van der Waals surface area (Å²) >= 11 is 0. The Hall–Kier alpha value is -2.75. The van der Waals surface area contributed by atoms with Crippen LogP contribution in [0.5, 0.6) is 5.75 Å². The van der Waals surface area contributed by atoms with Crippen LogP contribution in [0.3, 0.4) is 0 Å². The summed E-state index contributed by atoms with van der Waals surface area (Å²) in [5, 5.41) is 4.00. The van der Waals surface area contributed by atoms with Gasteiger partial charge < -0.3 is 15.0 Å². The highest BCUT2D eigenvalue weighted by molar-refractivity contribution is 5.93. The van der Waals surface area contributed by atoms with Crippen molar-refractivity contribution in [3.05, 3.63) is 60.8 Å². The number of benzene rings is 2. The predicted molar refractivity (Wildman–Crippen MR) is 88.1 cm³/mol. The molecule has 0 fully saturated rings. The number of carbonyl (C=O) groups is 1. The van der Waals surface area contributed by atoms with Gasteiger partial charge in [-0.05, 0) is 42.8 Å². The van der Waals surface area contributed by atoms with E-state index in [0.29, 0.717) is 19.4 Å². The van der Waals surface area contributed by atoms with Crippen molar-refractivity contribution in [2.24, 2.45) is 0 Å². The molecule has 0 aliphatic heterocycles. The van der Waals surface area contributed by atoms with E-state index in [1.807, 2.05) is 60.8 Å². The number of para-hydroxylation sites is 1. The normalized spacial score (nSPS) is 10.5. The number of hydrogen-bond donors (Lipinski definition) is 2. The SMILES string of the molecule is O=C(CCCOc1ccccc1)Nc1ccc2[nH]ccc2c1. The molecule has 0 spiro atoms. The first-order valence-electron chi connectivity index (χ1n) is 7.36. The number of carbonyl (C=O) groups excluding carboxylic acids is 1. The van der Waals surface area contributed by atoms with E-state index in [9.17, 15) is 4.79 Å². The number of hydrogen-bond acceptors (Lipinski definition) is 2. The van der Waals surface area contributed by atoms with Crippen LogP contribution in [0.4, 0.5) is 5.69 Å². The zero-order valence-corrected chi connectivity index (χ0v) is 12.2. The fraction of sp³-hybridized carbons (Fsp3) is 0.167. The monoisotopic (exact) mass is 294 g/mol. The molecule has 0 saturated carbocycles. The smallest absolute Gasteiger partial charge is 0.224 e. The molecular weight excluding hydrogens is 276 g/mol. The summed E-state index contributed by atoms with van der Waals surface area (Å²) in [6, 6.07) is 17.4. The molecule has 4 heteroatoms. The third-order valence-electron chi connectivity index (χ3n) is 3.40. The van der Waals surface area contributed by atoms with Crippen molar-refractivity contribution < 1.29 is 9.53 Å². The van der Waals surface area contributed by atoms with Crippen LogP contribution in [0.2, 0.25) is 0 Å². The summed E-state index contributed by atoms with van der Waals surface area (Å²) in [6.45, 7) is 0.536. The van der Waals surface area contributed by atoms with E-state index in [1.54, 1.807) is 0 Å². The first kappa shape index (κ1) is 14.2. The number of rotatable bonds is 6. The van der Waals surface area contributed by atoms with E-state index < -0.39 is 0 Å². The molecular formula is C18H18N2O2. The Labute approximate surface area is 129 Å². The molecule has 112 valence electrons. The van der Waals surface area contributed by atoms with Gasteiger partial charge in [-0.3, -0.25) is 4.79 Å². The van der Waals surface area contributed by atoms with Crippen LogP contribution >= 0.6 is 0 Å². The van der Waals surface area contributed by atoms with E-state index in [2.05, 4.69) is 10.3 Å². The van der Waals surface area contributed by atoms with Crippen molar-refractivity contribution in [3.63, 3.8) is 0 Å². The molecule has 3 aromatic rings. The van der Waals surface area contributed by atoms with Crippen LogP contribution in [0.15, 0.2) is 60.8 Å². The lowest BCUT2D eigenvalue weighted by Crippen LogP contribution is -2.12. The van der Waals surface area contributed by atoms with Gasteiger partial charge in [0.15, 0.2) is 0 Å². The quantitative estimate of drug-likeness (QED) is 0.676. The summed E-state index contributed by atoms with van der Waals surface area (Å²) in [7, 11) is 0. The van der Waals surface area contributed by atoms with Crippen molar-refractivity contribution in [1.29, 1.82) is 0 Å². The maximum atomic E-state index is 11.9. The summed E-state index contributed by atoms with van der Waals surface area (Å²) in [5.74, 6) is 0.840. The van der Waals surface area contributed by atoms with Crippen LogP contribution in [-0.4, -0.2) is 17.5 Å². The summed E-state index contributed by atoms with van der Waals surface area (Å²) in [6.07, 6.45) is 3.02. The fourth-order valence-electron chi connectivity index (χ4n) is 2.29. The molecule has 0 saturated heterocycles. The van der Waals surface area contributed by atoms with Crippen molar-refractivity contribution in [2.45, 2.75) is 12.8 Å². The topological polar surface area (TPSA) is 54.1 Å². The van der Waals surface area contributed by atoms with Gasteiger partial charge in [-0.2, -0.15) is 0 Å². The van der Waals surface area contributed by atoms with Gasteiger partial charge in [0.05, 0.1) is 6.61 Å². The van der Waals surface area contributed by atoms with Gasteiger partial charge in [-0.1, -0.05) is 18.2 Å². The average molecular weight is 294 g/mol. The number of aromatic nitrogens is 1. The van der Waals surface area contributed by atoms with Crippen LogP contribution in [0, 0.1) is 0 Å². The highest BCUT2D eigenvalue weighted by atomic mass is 16.5. The summed E-state index contributed by atoms with van der Waals surface area (Å²) < 4.78 is 5.57. The standard InChI is InChI=1S/C18H18N2O2/c21-18(7-4-12-22-16-5-2-1-3-6-16)20-15-8-9-17-14(13-15)10-11-19-17/h1-3,5-6,8-11,13,19H,4,7,12H2,(H,20,21). The van der Waals surface area contributed by atoms with Gasteiger partial charge in [0.25, 0.3) is 0 Å². The third-order valence-corrected chi connectivity index (χ3v) is 3.40. The van der Waals surface area contributed by atoms with Crippen LogP contribution in [-0.2, 0) is 4.79 Å². The Bertz CT molecular complexity index is 750. The van der Waals surface area contributed by atoms with Gasteiger partial charge in [0, 0.05) is 29.2 Å². The van der Waals surface area contributed by atoms with Gasteiger partial charge in [0.1, 0.15) is 5.75 Å². The van der Waals surface area contributed by atoms with E-state index in [-0.39, 0.29) is 5.91 Å². The van der Waals surface area contributed by atoms with Gasteiger partial charge in [0.2, 0.25) is 5.91 Å². The van der Waals surface area contributed by atoms with Crippen molar-refractivity contribution >= 4 is 22.5 Å². The number of aromatic amines is 1. The largest absolute Gasteiger partial charge is 0.494 e. The Morgan fingerprint density at radius 3 is 2.82 bits per heavy atom. The van der Waals surface area contributed by atoms with E-state index in [4.69, 9.17) is 4.74 Å². The average Bonchev–Trinajstić information content (AvgIpc) is 3.00. The molecule has 0 unspecified atom stereocenters. The maximum Gasteiger partial charge on any atom is 0.224 e. The van der Waals surface area contributed by atoms with Crippen LogP contribution in [0.1, 0.15) is 12.8 Å². The molecule has 2 aromatic carbocycles. The molecule has 0 aliphatic carbocycles. The van der Waals surface area contributed by atoms with Crippen molar-refractivity contribution in [2.75, 3.05) is 11.9 Å². The minimum absolute atomic E-state index is 0.00606. The maximum absolute atomic E-state index is 11.9. The minimum Gasteiger partial charge on any atom is -0.494 e. The zero-order valence-electron chi connectivity index (χ0n) is 12.2. The second-order valence-corrected chi connectivity index (χ2v) is 5.09. The molecule has 4 nitrogen and oxygen atoms in total. The fourth-order valence-corrected chi connectivity index (χ4v) is 2.29. The first-order valence-corrected chi connectivity index (χ1v) is 7.36. The van der Waals surface area contributed by atoms with Crippen LogP contribution < -0.4 is 10.1 Å². The molecule has 0 bridgehead atoms. The molecule has 0 radical (unpaired) electrons. The van der Waals surface area contributed by atoms with Gasteiger partial charge >= 0.3 is 0 Å². The third kappa shape index (κ3) is 3.67. The van der Waals surface area contributed by atoms with Gasteiger partial charge in [-0.15, -0.1) is 0 Å². The number of ether oxygens (including phenoxy) is 1. The Morgan fingerprint density at radius 2 is 1.95 bits per heavy atom. The molecule has 22 heavy (non-hydrogen) atoms. The number of fused-ring (bicyclic) bond motifs is 1. The molecule has 1 amide bonds. The van der Waals surface area contributed by atoms with Crippen molar-refractivity contribution in [3.8, 4) is 5.75 Å². The summed E-state index contributed by atoms with van der Waals surface area (Å²) in [5.41, 5.74) is 1.88. The Balaban J connectivity index is 1.44. The number of H-pyrrole nitrogens is 1. The van der Waals surface area contributed by atoms with Gasteiger partial charge in [-0.25, -0.2) is 0 Å². The van der Waals surface area contributed by atoms with E-state index >= 15 is 0 Å². The second kappa shape index (κ2) is 6.80. The molecule has 1 heterocycles. The van der Waals surface area contributed by atoms with Crippen LogP contribution in [0.25, 0.3) is 10.9 Å². The van der Waals surface area contributed by atoms with E-state index in [1.165, 1.54) is 0 Å². The Morgan fingerprint density at radius 1 is 1.09 bits per heavy atom. The number of amides is 1. The number of anilines is 1. The summed E-state index contributed by atoms with van der Waals surface area (Å²) in [4.78, 5) is 15.1. The minimum atomic E-state index is 0.00606. The lowest BCUT2D eigenvalue weighted by Gasteiger charge is -2.07. The molecule has 0 aliphatic rings. The number of nitrogens with one attached hydrogen (secondary N) is 2. The first-order chi connectivity index (χ1) is 10.8. The molecule has 3 rings (SSSR count). The predicted octanol–water partition coefficient (Wildman–Crippen LogP) is 3.97. The molecule has 1 aromatic heterocycles. The lowest BCUT2D eigenvalue weighted by molar-refractivity contribution is -0.116. The molecule has 0 atom stereocenters. The second-order valence-electron chi connectivity index (χ2n) is 5.09. The zero-order chi connectivity index (χ0) is 15.2. The molecule has 2 N–H and O–H groups in total.